The fourth-order valence-electron chi connectivity index (χ4n) is 2.03. The van der Waals surface area contributed by atoms with Gasteiger partial charge in [0.15, 0.2) is 0 Å². The summed E-state index contributed by atoms with van der Waals surface area (Å²) in [7, 11) is 0. The third-order valence-electron chi connectivity index (χ3n) is 3.04. The number of aromatic nitrogens is 2. The number of H-pyrrole nitrogens is 1. The van der Waals surface area contributed by atoms with Crippen LogP contribution in [0.15, 0.2) is 63.9 Å². The summed E-state index contributed by atoms with van der Waals surface area (Å²) in [6, 6.07) is 15.8. The summed E-state index contributed by atoms with van der Waals surface area (Å²) in [5.41, 5.74) is 2.29. The molecule has 0 saturated carbocycles. The van der Waals surface area contributed by atoms with Gasteiger partial charge in [0.2, 0.25) is 0 Å². The first-order valence-electron chi connectivity index (χ1n) is 6.26. The van der Waals surface area contributed by atoms with Crippen LogP contribution in [0, 0.1) is 5.82 Å². The van der Waals surface area contributed by atoms with E-state index in [0.717, 1.165) is 5.56 Å². The molecule has 0 spiro atoms. The van der Waals surface area contributed by atoms with E-state index >= 15 is 0 Å². The van der Waals surface area contributed by atoms with Crippen LogP contribution < -0.4 is 5.69 Å². The first kappa shape index (κ1) is 16.4. The van der Waals surface area contributed by atoms with Gasteiger partial charge in [-0.2, -0.15) is 4.98 Å². The van der Waals surface area contributed by atoms with Crippen molar-refractivity contribution in [1.82, 2.24) is 9.97 Å². The SMILES string of the molecule is Cl.O=c1nc(-c2ccc(F)c(Br)c2)cc(-c2ccccc2)[nH]1. The minimum absolute atomic E-state index is 0. The first-order chi connectivity index (χ1) is 10.1. The summed E-state index contributed by atoms with van der Waals surface area (Å²) in [6.45, 7) is 0. The molecule has 0 bridgehead atoms. The summed E-state index contributed by atoms with van der Waals surface area (Å²) >= 11 is 3.14. The van der Waals surface area contributed by atoms with E-state index in [0.29, 0.717) is 21.4 Å². The van der Waals surface area contributed by atoms with Crippen LogP contribution in [0.1, 0.15) is 0 Å². The maximum absolute atomic E-state index is 13.3. The normalized spacial score (nSPS) is 10.1. The average molecular weight is 382 g/mol. The van der Waals surface area contributed by atoms with Crippen LogP contribution in [0.5, 0.6) is 0 Å². The van der Waals surface area contributed by atoms with Crippen molar-refractivity contribution in [1.29, 1.82) is 0 Å². The van der Waals surface area contributed by atoms with Gasteiger partial charge in [-0.15, -0.1) is 12.4 Å². The van der Waals surface area contributed by atoms with E-state index in [2.05, 4.69) is 25.9 Å². The molecule has 0 atom stereocenters. The van der Waals surface area contributed by atoms with E-state index < -0.39 is 5.69 Å². The molecule has 3 nitrogen and oxygen atoms in total. The molecule has 0 fully saturated rings. The Kier molecular flexibility index (Phi) is 5.11. The number of nitrogens with one attached hydrogen (secondary N) is 1. The molecule has 0 unspecified atom stereocenters. The highest BCUT2D eigenvalue weighted by Crippen LogP contribution is 2.25. The zero-order chi connectivity index (χ0) is 14.8. The van der Waals surface area contributed by atoms with Crippen LogP contribution in [0.2, 0.25) is 0 Å². The highest BCUT2D eigenvalue weighted by atomic mass is 79.9. The second-order valence-electron chi connectivity index (χ2n) is 4.48. The quantitative estimate of drug-likeness (QED) is 0.714. The van der Waals surface area contributed by atoms with Gasteiger partial charge in [-0.05, 0) is 45.8 Å². The van der Waals surface area contributed by atoms with Crippen molar-refractivity contribution in [3.8, 4) is 22.5 Å². The Morgan fingerprint density at radius 1 is 1.00 bits per heavy atom. The predicted octanol–water partition coefficient (Wildman–Crippen LogP) is 4.43. The predicted molar refractivity (Wildman–Crippen MR) is 90.6 cm³/mol. The molecule has 6 heteroatoms. The van der Waals surface area contributed by atoms with Crippen LogP contribution >= 0.6 is 28.3 Å². The van der Waals surface area contributed by atoms with Crippen LogP contribution in [0.25, 0.3) is 22.5 Å². The van der Waals surface area contributed by atoms with E-state index in [1.54, 1.807) is 18.2 Å². The van der Waals surface area contributed by atoms with E-state index in [4.69, 9.17) is 0 Å². The second kappa shape index (κ2) is 6.85. The van der Waals surface area contributed by atoms with Crippen LogP contribution in [-0.2, 0) is 0 Å². The van der Waals surface area contributed by atoms with Crippen molar-refractivity contribution in [2.24, 2.45) is 0 Å². The number of halogens is 3. The van der Waals surface area contributed by atoms with Crippen molar-refractivity contribution in [2.75, 3.05) is 0 Å². The Bertz CT molecular complexity index is 852. The number of benzene rings is 2. The molecule has 3 aromatic rings. The molecule has 1 heterocycles. The molecule has 0 amide bonds. The molecule has 2 aromatic carbocycles. The summed E-state index contributed by atoms with van der Waals surface area (Å²) in [6.07, 6.45) is 0. The zero-order valence-corrected chi connectivity index (χ0v) is 13.6. The lowest BCUT2D eigenvalue weighted by atomic mass is 10.1. The van der Waals surface area contributed by atoms with Gasteiger partial charge in [-0.1, -0.05) is 30.3 Å². The molecular formula is C16H11BrClFN2O. The van der Waals surface area contributed by atoms with Gasteiger partial charge < -0.3 is 4.98 Å². The smallest absolute Gasteiger partial charge is 0.305 e. The minimum atomic E-state index is -0.438. The topological polar surface area (TPSA) is 45.8 Å². The zero-order valence-electron chi connectivity index (χ0n) is 11.2. The average Bonchev–Trinajstić information content (AvgIpc) is 2.50. The maximum atomic E-state index is 13.3. The third kappa shape index (κ3) is 3.43. The molecule has 0 radical (unpaired) electrons. The van der Waals surface area contributed by atoms with Gasteiger partial charge in [0.25, 0.3) is 0 Å². The van der Waals surface area contributed by atoms with Gasteiger partial charge in [-0.3, -0.25) is 0 Å². The second-order valence-corrected chi connectivity index (χ2v) is 5.33. The monoisotopic (exact) mass is 380 g/mol. The lowest BCUT2D eigenvalue weighted by Crippen LogP contribution is -2.11. The lowest BCUT2D eigenvalue weighted by Gasteiger charge is -2.05. The van der Waals surface area contributed by atoms with Crippen molar-refractivity contribution in [3.05, 3.63) is 75.4 Å². The van der Waals surface area contributed by atoms with E-state index in [1.165, 1.54) is 6.07 Å². The summed E-state index contributed by atoms with van der Waals surface area (Å²) in [5.74, 6) is -0.355. The van der Waals surface area contributed by atoms with Crippen molar-refractivity contribution < 1.29 is 4.39 Å². The fraction of sp³-hybridized carbons (Fsp3) is 0. The Labute approximate surface area is 140 Å². The Morgan fingerprint density at radius 2 is 1.73 bits per heavy atom. The summed E-state index contributed by atoms with van der Waals surface area (Å²) < 4.78 is 13.6. The van der Waals surface area contributed by atoms with Crippen LogP contribution in [0.3, 0.4) is 0 Å². The Balaban J connectivity index is 0.00000176. The molecule has 0 saturated heterocycles. The molecule has 0 aliphatic rings. The van der Waals surface area contributed by atoms with Crippen molar-refractivity contribution >= 4 is 28.3 Å². The number of hydrogen-bond donors (Lipinski definition) is 1. The number of hydrogen-bond acceptors (Lipinski definition) is 2. The summed E-state index contributed by atoms with van der Waals surface area (Å²) in [5, 5.41) is 0. The Morgan fingerprint density at radius 3 is 2.41 bits per heavy atom. The van der Waals surface area contributed by atoms with E-state index in [9.17, 15) is 9.18 Å². The van der Waals surface area contributed by atoms with Gasteiger partial charge in [0.1, 0.15) is 5.82 Å². The molecular weight excluding hydrogens is 371 g/mol. The molecule has 1 aromatic heterocycles. The van der Waals surface area contributed by atoms with E-state index in [-0.39, 0.29) is 18.2 Å². The molecule has 22 heavy (non-hydrogen) atoms. The minimum Gasteiger partial charge on any atom is -0.305 e. The number of aromatic amines is 1. The van der Waals surface area contributed by atoms with Gasteiger partial charge in [0, 0.05) is 5.56 Å². The van der Waals surface area contributed by atoms with E-state index in [1.807, 2.05) is 30.3 Å². The summed E-state index contributed by atoms with van der Waals surface area (Å²) in [4.78, 5) is 18.4. The lowest BCUT2D eigenvalue weighted by molar-refractivity contribution is 0.621. The molecule has 3 rings (SSSR count). The van der Waals surface area contributed by atoms with Crippen molar-refractivity contribution in [2.45, 2.75) is 0 Å². The molecule has 0 aliphatic carbocycles. The fourth-order valence-corrected chi connectivity index (χ4v) is 2.41. The molecule has 0 aliphatic heterocycles. The van der Waals surface area contributed by atoms with Gasteiger partial charge in [-0.25, -0.2) is 9.18 Å². The molecule has 112 valence electrons. The first-order valence-corrected chi connectivity index (χ1v) is 7.05. The van der Waals surface area contributed by atoms with Gasteiger partial charge >= 0.3 is 5.69 Å². The largest absolute Gasteiger partial charge is 0.345 e. The molecule has 1 N–H and O–H groups in total. The number of rotatable bonds is 2. The van der Waals surface area contributed by atoms with Crippen LogP contribution in [-0.4, -0.2) is 9.97 Å². The highest BCUT2D eigenvalue weighted by molar-refractivity contribution is 9.10. The van der Waals surface area contributed by atoms with Crippen molar-refractivity contribution in [3.63, 3.8) is 0 Å². The third-order valence-corrected chi connectivity index (χ3v) is 3.65. The standard InChI is InChI=1S/C16H10BrFN2O.ClH/c17-12-8-11(6-7-13(12)18)15-9-14(19-16(21)20-15)10-4-2-1-3-5-10;/h1-9H,(H,19,20,21);1H. The highest BCUT2D eigenvalue weighted by Gasteiger charge is 2.07. The van der Waals surface area contributed by atoms with Gasteiger partial charge in [0.05, 0.1) is 15.9 Å². The number of nitrogens with zero attached hydrogens (tertiary/aromatic N) is 1. The Hall–Kier alpha value is -1.98. The maximum Gasteiger partial charge on any atom is 0.345 e. The van der Waals surface area contributed by atoms with Crippen LogP contribution in [0.4, 0.5) is 4.39 Å².